The second-order valence-corrected chi connectivity index (χ2v) is 4.90. The summed E-state index contributed by atoms with van der Waals surface area (Å²) in [5, 5.41) is 0. The minimum atomic E-state index is 0.231. The van der Waals surface area contributed by atoms with Gasteiger partial charge in [-0.25, -0.2) is 0 Å². The van der Waals surface area contributed by atoms with Crippen molar-refractivity contribution in [2.75, 3.05) is 13.2 Å². The van der Waals surface area contributed by atoms with Gasteiger partial charge in [-0.1, -0.05) is 33.1 Å². The van der Waals surface area contributed by atoms with Gasteiger partial charge in [0.1, 0.15) is 0 Å². The predicted octanol–water partition coefficient (Wildman–Crippen LogP) is 2.71. The Morgan fingerprint density at radius 3 is 2.50 bits per heavy atom. The third-order valence-electron chi connectivity index (χ3n) is 3.54. The van der Waals surface area contributed by atoms with Gasteiger partial charge >= 0.3 is 0 Å². The van der Waals surface area contributed by atoms with E-state index >= 15 is 0 Å². The standard InChI is InChI=1S/C12H25NO/c1-3-9-14-10-11(13)12(2)7-5-4-6-8-12/h11H,3-10,13H2,1-2H3. The van der Waals surface area contributed by atoms with E-state index in [0.717, 1.165) is 19.6 Å². The van der Waals surface area contributed by atoms with Crippen molar-refractivity contribution in [3.63, 3.8) is 0 Å². The van der Waals surface area contributed by atoms with Crippen molar-refractivity contribution in [3.05, 3.63) is 0 Å². The Morgan fingerprint density at radius 1 is 1.29 bits per heavy atom. The second-order valence-electron chi connectivity index (χ2n) is 4.90. The third kappa shape index (κ3) is 3.25. The normalized spacial score (nSPS) is 23.4. The van der Waals surface area contributed by atoms with E-state index in [-0.39, 0.29) is 6.04 Å². The molecular formula is C12H25NO. The molecular weight excluding hydrogens is 174 g/mol. The second kappa shape index (κ2) is 5.72. The number of nitrogens with two attached hydrogens (primary N) is 1. The Labute approximate surface area is 88.2 Å². The third-order valence-corrected chi connectivity index (χ3v) is 3.54. The van der Waals surface area contributed by atoms with E-state index in [2.05, 4.69) is 13.8 Å². The molecule has 1 unspecified atom stereocenters. The number of hydrogen-bond acceptors (Lipinski definition) is 2. The first kappa shape index (κ1) is 12.0. The zero-order valence-electron chi connectivity index (χ0n) is 9.72. The quantitative estimate of drug-likeness (QED) is 0.691. The molecule has 0 aromatic carbocycles. The molecule has 1 aliphatic carbocycles. The van der Waals surface area contributed by atoms with E-state index in [1.165, 1.54) is 32.1 Å². The van der Waals surface area contributed by atoms with Crippen molar-refractivity contribution in [2.45, 2.75) is 58.4 Å². The van der Waals surface area contributed by atoms with Gasteiger partial charge in [-0.05, 0) is 24.7 Å². The maximum Gasteiger partial charge on any atom is 0.0622 e. The van der Waals surface area contributed by atoms with Crippen LogP contribution in [-0.2, 0) is 4.74 Å². The Bertz CT molecular complexity index is 152. The Hall–Kier alpha value is -0.0800. The van der Waals surface area contributed by atoms with Gasteiger partial charge in [0.15, 0.2) is 0 Å². The summed E-state index contributed by atoms with van der Waals surface area (Å²) in [6, 6.07) is 0.231. The zero-order valence-corrected chi connectivity index (χ0v) is 9.72. The molecule has 1 saturated carbocycles. The highest BCUT2D eigenvalue weighted by Gasteiger charge is 2.32. The molecule has 84 valence electrons. The summed E-state index contributed by atoms with van der Waals surface area (Å²) in [6.07, 6.45) is 7.73. The van der Waals surface area contributed by atoms with Crippen molar-refractivity contribution in [1.29, 1.82) is 0 Å². The SMILES string of the molecule is CCCOCC(N)C1(C)CCCCC1. The summed E-state index contributed by atoms with van der Waals surface area (Å²) in [6.45, 7) is 6.05. The van der Waals surface area contributed by atoms with Crippen LogP contribution in [-0.4, -0.2) is 19.3 Å². The van der Waals surface area contributed by atoms with E-state index in [1.807, 2.05) is 0 Å². The first-order valence-corrected chi connectivity index (χ1v) is 6.02. The van der Waals surface area contributed by atoms with Gasteiger partial charge in [-0.2, -0.15) is 0 Å². The van der Waals surface area contributed by atoms with E-state index < -0.39 is 0 Å². The fourth-order valence-electron chi connectivity index (χ4n) is 2.29. The summed E-state index contributed by atoms with van der Waals surface area (Å²) in [7, 11) is 0. The molecule has 2 heteroatoms. The van der Waals surface area contributed by atoms with Crippen molar-refractivity contribution < 1.29 is 4.74 Å². The predicted molar refractivity (Wildman–Crippen MR) is 60.3 cm³/mol. The molecule has 2 nitrogen and oxygen atoms in total. The molecule has 0 spiro atoms. The van der Waals surface area contributed by atoms with Gasteiger partial charge in [-0.15, -0.1) is 0 Å². The van der Waals surface area contributed by atoms with E-state index in [4.69, 9.17) is 10.5 Å². The van der Waals surface area contributed by atoms with Crippen LogP contribution in [0, 0.1) is 5.41 Å². The smallest absolute Gasteiger partial charge is 0.0622 e. The van der Waals surface area contributed by atoms with Crippen LogP contribution in [0.1, 0.15) is 52.4 Å². The Morgan fingerprint density at radius 2 is 1.93 bits per heavy atom. The fourth-order valence-corrected chi connectivity index (χ4v) is 2.29. The van der Waals surface area contributed by atoms with Gasteiger partial charge in [0.05, 0.1) is 6.61 Å². The molecule has 14 heavy (non-hydrogen) atoms. The topological polar surface area (TPSA) is 35.2 Å². The number of ether oxygens (including phenoxy) is 1. The lowest BCUT2D eigenvalue weighted by Crippen LogP contribution is -2.44. The highest BCUT2D eigenvalue weighted by molar-refractivity contribution is 4.87. The van der Waals surface area contributed by atoms with Gasteiger partial charge in [0, 0.05) is 12.6 Å². The van der Waals surface area contributed by atoms with E-state index in [1.54, 1.807) is 0 Å². The maximum atomic E-state index is 6.20. The molecule has 0 radical (unpaired) electrons. The molecule has 1 rings (SSSR count). The van der Waals surface area contributed by atoms with Crippen molar-refractivity contribution >= 4 is 0 Å². The maximum absolute atomic E-state index is 6.20. The summed E-state index contributed by atoms with van der Waals surface area (Å²) in [4.78, 5) is 0. The van der Waals surface area contributed by atoms with Crippen LogP contribution in [0.15, 0.2) is 0 Å². The average Bonchev–Trinajstić information content (AvgIpc) is 2.19. The van der Waals surface area contributed by atoms with Gasteiger partial charge in [0.2, 0.25) is 0 Å². The van der Waals surface area contributed by atoms with Crippen LogP contribution in [0.25, 0.3) is 0 Å². The van der Waals surface area contributed by atoms with Crippen molar-refractivity contribution in [3.8, 4) is 0 Å². The minimum Gasteiger partial charge on any atom is -0.380 e. The highest BCUT2D eigenvalue weighted by Crippen LogP contribution is 2.37. The lowest BCUT2D eigenvalue weighted by Gasteiger charge is -2.38. The molecule has 0 bridgehead atoms. The molecule has 1 fully saturated rings. The van der Waals surface area contributed by atoms with Crippen LogP contribution in [0.2, 0.25) is 0 Å². The summed E-state index contributed by atoms with van der Waals surface area (Å²) in [5.41, 5.74) is 6.54. The molecule has 0 aromatic heterocycles. The summed E-state index contributed by atoms with van der Waals surface area (Å²) in [5.74, 6) is 0. The monoisotopic (exact) mass is 199 g/mol. The van der Waals surface area contributed by atoms with E-state index in [9.17, 15) is 0 Å². The first-order chi connectivity index (χ1) is 6.69. The van der Waals surface area contributed by atoms with Crippen molar-refractivity contribution in [1.82, 2.24) is 0 Å². The molecule has 1 atom stereocenters. The molecule has 0 heterocycles. The fraction of sp³-hybridized carbons (Fsp3) is 1.00. The zero-order chi connectivity index (χ0) is 10.4. The summed E-state index contributed by atoms with van der Waals surface area (Å²) < 4.78 is 5.54. The van der Waals surface area contributed by atoms with Gasteiger partial charge in [0.25, 0.3) is 0 Å². The molecule has 2 N–H and O–H groups in total. The van der Waals surface area contributed by atoms with E-state index in [0.29, 0.717) is 5.41 Å². The van der Waals surface area contributed by atoms with Crippen LogP contribution >= 0.6 is 0 Å². The van der Waals surface area contributed by atoms with Crippen molar-refractivity contribution in [2.24, 2.45) is 11.1 Å². The lowest BCUT2D eigenvalue weighted by atomic mass is 9.71. The Kier molecular flexibility index (Phi) is 4.90. The highest BCUT2D eigenvalue weighted by atomic mass is 16.5. The largest absolute Gasteiger partial charge is 0.380 e. The van der Waals surface area contributed by atoms with Gasteiger partial charge < -0.3 is 10.5 Å². The minimum absolute atomic E-state index is 0.231. The molecule has 0 aromatic rings. The lowest BCUT2D eigenvalue weighted by molar-refractivity contribution is 0.0614. The summed E-state index contributed by atoms with van der Waals surface area (Å²) >= 11 is 0. The first-order valence-electron chi connectivity index (χ1n) is 6.02. The molecule has 0 saturated heterocycles. The average molecular weight is 199 g/mol. The molecule has 0 amide bonds. The van der Waals surface area contributed by atoms with Crippen LogP contribution < -0.4 is 5.73 Å². The van der Waals surface area contributed by atoms with Gasteiger partial charge in [-0.3, -0.25) is 0 Å². The van der Waals surface area contributed by atoms with Crippen LogP contribution in [0.3, 0.4) is 0 Å². The number of rotatable bonds is 5. The number of hydrogen-bond donors (Lipinski definition) is 1. The van der Waals surface area contributed by atoms with Crippen LogP contribution in [0.5, 0.6) is 0 Å². The van der Waals surface area contributed by atoms with Crippen LogP contribution in [0.4, 0.5) is 0 Å². The molecule has 0 aliphatic heterocycles. The Balaban J connectivity index is 2.29. The molecule has 1 aliphatic rings.